The van der Waals surface area contributed by atoms with Crippen molar-refractivity contribution >= 4 is 5.84 Å². The van der Waals surface area contributed by atoms with Gasteiger partial charge in [-0.3, -0.25) is 4.99 Å². The second kappa shape index (κ2) is 5.86. The fourth-order valence-electron chi connectivity index (χ4n) is 3.51. The number of alkyl halides is 2. The number of hydrogen-bond donors (Lipinski definition) is 0. The summed E-state index contributed by atoms with van der Waals surface area (Å²) >= 11 is 0. The Kier molecular flexibility index (Phi) is 3.68. The van der Waals surface area contributed by atoms with Gasteiger partial charge in [-0.1, -0.05) is 72.8 Å². The van der Waals surface area contributed by atoms with Crippen molar-refractivity contribution in [3.05, 3.63) is 83.9 Å². The Morgan fingerprint density at radius 2 is 1.50 bits per heavy atom. The molecule has 24 heavy (non-hydrogen) atoms. The molecular weight excluding hydrogens is 306 g/mol. The first-order valence-electron chi connectivity index (χ1n) is 8.14. The third kappa shape index (κ3) is 2.52. The van der Waals surface area contributed by atoms with Gasteiger partial charge in [0.1, 0.15) is 6.04 Å². The molecule has 0 spiro atoms. The van der Waals surface area contributed by atoms with Crippen molar-refractivity contribution in [3.8, 4) is 0 Å². The lowest BCUT2D eigenvalue weighted by Gasteiger charge is -2.31. The molecule has 0 fully saturated rings. The van der Waals surface area contributed by atoms with E-state index in [9.17, 15) is 8.78 Å². The summed E-state index contributed by atoms with van der Waals surface area (Å²) in [5.41, 5.74) is 1.97. The molecule has 2 aliphatic rings. The normalized spacial score (nSPS) is 25.1. The van der Waals surface area contributed by atoms with Gasteiger partial charge in [0.25, 0.3) is 0 Å². The van der Waals surface area contributed by atoms with Crippen LogP contribution in [0.1, 0.15) is 29.6 Å². The first kappa shape index (κ1) is 15.1. The quantitative estimate of drug-likeness (QED) is 0.726. The fraction of sp³-hybridized carbons (Fsp3) is 0.250. The smallest absolute Gasteiger partial charge is 0.307 e. The van der Waals surface area contributed by atoms with Gasteiger partial charge in [-0.25, -0.2) is 0 Å². The predicted octanol–water partition coefficient (Wildman–Crippen LogP) is 4.78. The molecule has 2 aromatic carbocycles. The molecule has 0 radical (unpaired) electrons. The number of hydrogen-bond acceptors (Lipinski definition) is 2. The molecule has 4 rings (SSSR count). The van der Waals surface area contributed by atoms with Crippen molar-refractivity contribution in [2.45, 2.75) is 24.4 Å². The molecule has 0 aliphatic carbocycles. The van der Waals surface area contributed by atoms with Crippen molar-refractivity contribution < 1.29 is 8.78 Å². The van der Waals surface area contributed by atoms with Crippen molar-refractivity contribution in [1.29, 1.82) is 0 Å². The van der Waals surface area contributed by atoms with Gasteiger partial charge in [-0.05, 0) is 11.1 Å². The van der Waals surface area contributed by atoms with Crippen LogP contribution in [0.4, 0.5) is 8.78 Å². The zero-order valence-electron chi connectivity index (χ0n) is 13.1. The molecule has 2 aliphatic heterocycles. The van der Waals surface area contributed by atoms with E-state index in [0.29, 0.717) is 6.54 Å². The monoisotopic (exact) mass is 324 g/mol. The van der Waals surface area contributed by atoms with Gasteiger partial charge in [0, 0.05) is 13.0 Å². The lowest BCUT2D eigenvalue weighted by atomic mass is 9.94. The zero-order valence-corrected chi connectivity index (χ0v) is 13.1. The Hall–Kier alpha value is -2.49. The predicted molar refractivity (Wildman–Crippen MR) is 91.2 cm³/mol. The van der Waals surface area contributed by atoms with Crippen LogP contribution < -0.4 is 0 Å². The maximum atomic E-state index is 14.6. The summed E-state index contributed by atoms with van der Waals surface area (Å²) in [4.78, 5) is 6.26. The molecule has 0 saturated heterocycles. The number of amidine groups is 1. The second-order valence-electron chi connectivity index (χ2n) is 6.20. The minimum atomic E-state index is -2.93. The van der Waals surface area contributed by atoms with E-state index < -0.39 is 5.92 Å². The van der Waals surface area contributed by atoms with Crippen molar-refractivity contribution in [1.82, 2.24) is 4.90 Å². The number of halogens is 2. The van der Waals surface area contributed by atoms with E-state index >= 15 is 0 Å². The van der Waals surface area contributed by atoms with E-state index in [1.165, 1.54) is 0 Å². The van der Waals surface area contributed by atoms with Crippen LogP contribution >= 0.6 is 0 Å². The number of aliphatic imine (C=N–C) groups is 1. The van der Waals surface area contributed by atoms with E-state index in [0.717, 1.165) is 11.1 Å². The lowest BCUT2D eigenvalue weighted by molar-refractivity contribution is 0.0687. The molecule has 2 atom stereocenters. The molecule has 0 bridgehead atoms. The lowest BCUT2D eigenvalue weighted by Crippen LogP contribution is -2.41. The number of fused-ring (bicyclic) bond motifs is 1. The maximum absolute atomic E-state index is 14.6. The average molecular weight is 324 g/mol. The summed E-state index contributed by atoms with van der Waals surface area (Å²) in [6, 6.07) is 19.0. The molecular formula is C20H18F2N2. The van der Waals surface area contributed by atoms with Crippen LogP contribution in [-0.4, -0.2) is 23.2 Å². The van der Waals surface area contributed by atoms with Gasteiger partial charge in [0.05, 0.1) is 6.04 Å². The third-order valence-corrected chi connectivity index (χ3v) is 4.62. The number of rotatable bonds is 2. The highest BCUT2D eigenvalue weighted by molar-refractivity contribution is 5.92. The second-order valence-corrected chi connectivity index (χ2v) is 6.20. The first-order valence-corrected chi connectivity index (χ1v) is 8.14. The SMILES string of the molecule is FC1(F)CC=CCN2C1=N[C@@H](c1ccccc1)[C@H]2c1ccccc1. The molecule has 2 nitrogen and oxygen atoms in total. The van der Waals surface area contributed by atoms with Gasteiger partial charge in [-0.2, -0.15) is 8.78 Å². The Morgan fingerprint density at radius 1 is 0.875 bits per heavy atom. The highest BCUT2D eigenvalue weighted by atomic mass is 19.3. The van der Waals surface area contributed by atoms with Crippen molar-refractivity contribution in [3.63, 3.8) is 0 Å². The van der Waals surface area contributed by atoms with Gasteiger partial charge in [0.15, 0.2) is 5.84 Å². The Morgan fingerprint density at radius 3 is 2.17 bits per heavy atom. The first-order chi connectivity index (χ1) is 11.7. The van der Waals surface area contributed by atoms with Crippen LogP contribution in [0.15, 0.2) is 77.8 Å². The Balaban J connectivity index is 1.84. The largest absolute Gasteiger partial charge is 0.342 e. The molecule has 0 aromatic heterocycles. The van der Waals surface area contributed by atoms with E-state index in [1.54, 1.807) is 11.0 Å². The van der Waals surface area contributed by atoms with Gasteiger partial charge in [0.2, 0.25) is 0 Å². The average Bonchev–Trinajstić information content (AvgIpc) is 2.94. The summed E-state index contributed by atoms with van der Waals surface area (Å²) in [7, 11) is 0. The summed E-state index contributed by atoms with van der Waals surface area (Å²) in [5, 5.41) is 0. The zero-order chi connectivity index (χ0) is 16.6. The molecule has 2 heterocycles. The molecule has 4 heteroatoms. The molecule has 2 aromatic rings. The van der Waals surface area contributed by atoms with Crippen LogP contribution in [0.2, 0.25) is 0 Å². The van der Waals surface area contributed by atoms with Crippen molar-refractivity contribution in [2.24, 2.45) is 4.99 Å². The van der Waals surface area contributed by atoms with Gasteiger partial charge in [-0.15, -0.1) is 0 Å². The Labute approximate surface area is 140 Å². The maximum Gasteiger partial charge on any atom is 0.307 e. The standard InChI is InChI=1S/C20H18F2N2/c21-20(22)13-7-8-14-24-18(16-11-5-2-6-12-16)17(23-19(20)24)15-9-3-1-4-10-15/h1-12,17-18H,13-14H2/t17-,18+/m0/s1. The number of benzene rings is 2. The minimum Gasteiger partial charge on any atom is -0.342 e. The summed E-state index contributed by atoms with van der Waals surface area (Å²) < 4.78 is 29.1. The summed E-state index contributed by atoms with van der Waals surface area (Å²) in [6.45, 7) is 0.456. The van der Waals surface area contributed by atoms with E-state index in [2.05, 4.69) is 4.99 Å². The highest BCUT2D eigenvalue weighted by Gasteiger charge is 2.48. The molecule has 0 saturated carbocycles. The molecule has 122 valence electrons. The number of nitrogens with zero attached hydrogens (tertiary/aromatic N) is 2. The molecule has 0 N–H and O–H groups in total. The third-order valence-electron chi connectivity index (χ3n) is 4.62. The highest BCUT2D eigenvalue weighted by Crippen LogP contribution is 2.46. The molecule has 0 amide bonds. The van der Waals surface area contributed by atoms with Crippen LogP contribution in [0.5, 0.6) is 0 Å². The van der Waals surface area contributed by atoms with Crippen LogP contribution in [-0.2, 0) is 0 Å². The number of allylic oxidation sites excluding steroid dienone is 1. The summed E-state index contributed by atoms with van der Waals surface area (Å²) in [5.74, 6) is -3.01. The van der Waals surface area contributed by atoms with E-state index in [4.69, 9.17) is 0 Å². The van der Waals surface area contributed by atoms with Crippen LogP contribution in [0.25, 0.3) is 0 Å². The molecule has 0 unspecified atom stereocenters. The summed E-state index contributed by atoms with van der Waals surface area (Å²) in [6.07, 6.45) is 3.09. The van der Waals surface area contributed by atoms with Gasteiger partial charge >= 0.3 is 5.92 Å². The Bertz CT molecular complexity index is 769. The van der Waals surface area contributed by atoms with Crippen LogP contribution in [0, 0.1) is 0 Å². The van der Waals surface area contributed by atoms with E-state index in [1.807, 2.05) is 66.7 Å². The van der Waals surface area contributed by atoms with Crippen LogP contribution in [0.3, 0.4) is 0 Å². The fourth-order valence-corrected chi connectivity index (χ4v) is 3.51. The minimum absolute atomic E-state index is 0.0878. The topological polar surface area (TPSA) is 15.6 Å². The van der Waals surface area contributed by atoms with E-state index in [-0.39, 0.29) is 24.3 Å². The van der Waals surface area contributed by atoms with Crippen molar-refractivity contribution in [2.75, 3.05) is 6.54 Å². The van der Waals surface area contributed by atoms with Gasteiger partial charge < -0.3 is 4.90 Å².